The monoisotopic (exact) mass is 307 g/mol. The van der Waals surface area contributed by atoms with Gasteiger partial charge in [0, 0.05) is 25.2 Å². The zero-order chi connectivity index (χ0) is 16.2. The fourth-order valence-electron chi connectivity index (χ4n) is 3.13. The predicted molar refractivity (Wildman–Crippen MR) is 95.9 cm³/mol. The summed E-state index contributed by atoms with van der Waals surface area (Å²) in [6.45, 7) is 5.34. The summed E-state index contributed by atoms with van der Waals surface area (Å²) in [6, 6.07) is 10.4. The highest BCUT2D eigenvalue weighted by atomic mass is 16.3. The average Bonchev–Trinajstić information content (AvgIpc) is 2.59. The highest BCUT2D eigenvalue weighted by Crippen LogP contribution is 2.36. The molecule has 0 unspecified atom stereocenters. The van der Waals surface area contributed by atoms with Gasteiger partial charge in [-0.15, -0.1) is 0 Å². The van der Waals surface area contributed by atoms with Gasteiger partial charge in [0.05, 0.1) is 6.20 Å². The van der Waals surface area contributed by atoms with Crippen LogP contribution >= 0.6 is 0 Å². The fourth-order valence-corrected chi connectivity index (χ4v) is 3.13. The molecule has 0 saturated heterocycles. The molecule has 1 aliphatic carbocycles. The second-order valence-electron chi connectivity index (χ2n) is 5.94. The van der Waals surface area contributed by atoms with E-state index in [1.165, 1.54) is 28.5 Å². The van der Waals surface area contributed by atoms with Crippen molar-refractivity contribution >= 4 is 18.0 Å². The molecule has 1 aromatic rings. The Morgan fingerprint density at radius 2 is 2.09 bits per heavy atom. The topological polar surface area (TPSA) is 48.2 Å². The summed E-state index contributed by atoms with van der Waals surface area (Å²) in [4.78, 5) is 10.2. The number of hydrogen-bond donors (Lipinski definition) is 1. The number of allylic oxidation sites excluding steroid dienone is 2. The minimum absolute atomic E-state index is 0.160. The van der Waals surface area contributed by atoms with E-state index in [1.807, 2.05) is 6.07 Å². The highest BCUT2D eigenvalue weighted by molar-refractivity contribution is 6.08. The normalized spacial score (nSPS) is 21.2. The Hall–Kier alpha value is -2.46. The van der Waals surface area contributed by atoms with E-state index in [0.717, 1.165) is 31.6 Å². The maximum absolute atomic E-state index is 9.43. The van der Waals surface area contributed by atoms with E-state index in [1.54, 1.807) is 0 Å². The minimum atomic E-state index is -0.160. The molecule has 0 atom stereocenters. The van der Waals surface area contributed by atoms with Gasteiger partial charge in [-0.1, -0.05) is 30.3 Å². The summed E-state index contributed by atoms with van der Waals surface area (Å²) in [7, 11) is 2.15. The van der Waals surface area contributed by atoms with Crippen molar-refractivity contribution in [2.75, 3.05) is 20.1 Å². The molecule has 2 aliphatic rings. The van der Waals surface area contributed by atoms with Crippen LogP contribution in [0.5, 0.6) is 0 Å². The van der Waals surface area contributed by atoms with Crippen LogP contribution < -0.4 is 0 Å². The Morgan fingerprint density at radius 1 is 1.30 bits per heavy atom. The zero-order valence-electron chi connectivity index (χ0n) is 13.4. The number of aliphatic hydroxyl groups is 1. The first kappa shape index (κ1) is 15.4. The first-order valence-electron chi connectivity index (χ1n) is 7.77. The summed E-state index contributed by atoms with van der Waals surface area (Å²) in [5.74, 6) is -0.160. The largest absolute Gasteiger partial charge is 0.492 e. The van der Waals surface area contributed by atoms with E-state index in [0.29, 0.717) is 0 Å². The molecular formula is C19H21N3O. The Morgan fingerprint density at radius 3 is 2.83 bits per heavy atom. The number of aliphatic hydroxyl groups excluding tert-OH is 1. The third-order valence-electron chi connectivity index (χ3n) is 4.25. The smallest absolute Gasteiger partial charge is 0.229 e. The van der Waals surface area contributed by atoms with Crippen molar-refractivity contribution in [1.29, 1.82) is 0 Å². The van der Waals surface area contributed by atoms with E-state index in [9.17, 15) is 5.11 Å². The van der Waals surface area contributed by atoms with Crippen LogP contribution in [-0.4, -0.2) is 42.6 Å². The van der Waals surface area contributed by atoms with Crippen molar-refractivity contribution < 1.29 is 5.11 Å². The Balaban J connectivity index is 2.03. The van der Waals surface area contributed by atoms with Gasteiger partial charge in [0.15, 0.2) is 0 Å². The minimum Gasteiger partial charge on any atom is -0.492 e. The van der Waals surface area contributed by atoms with Crippen molar-refractivity contribution in [1.82, 2.24) is 4.90 Å². The van der Waals surface area contributed by atoms with Gasteiger partial charge in [-0.2, -0.15) is 0 Å². The molecule has 0 aromatic heterocycles. The van der Waals surface area contributed by atoms with Gasteiger partial charge in [0.25, 0.3) is 0 Å². The molecule has 0 bridgehead atoms. The van der Waals surface area contributed by atoms with Crippen LogP contribution in [0.15, 0.2) is 69.6 Å². The van der Waals surface area contributed by atoms with Crippen LogP contribution in [-0.2, 0) is 0 Å². The maximum Gasteiger partial charge on any atom is 0.229 e. The van der Waals surface area contributed by atoms with Crippen molar-refractivity contribution in [3.05, 3.63) is 65.2 Å². The van der Waals surface area contributed by atoms with Gasteiger partial charge in [0.2, 0.25) is 5.88 Å². The number of rotatable bonds is 3. The molecule has 0 fully saturated rings. The molecule has 0 radical (unpaired) electrons. The second-order valence-corrected chi connectivity index (χ2v) is 5.94. The molecule has 0 spiro atoms. The standard InChI is InChI=1S/C19H21N3O/c1-20-19(23)12-21-16-10-15-13-22(2)9-8-17(15)18(11-16)14-6-4-3-5-7-14/h3-7,11-12,23H,1,8-10,13H2,2H3/b19-12+,21-16?. The summed E-state index contributed by atoms with van der Waals surface area (Å²) in [6.07, 6.45) is 5.37. The van der Waals surface area contributed by atoms with Crippen LogP contribution in [0.3, 0.4) is 0 Å². The van der Waals surface area contributed by atoms with Crippen molar-refractivity contribution in [3.63, 3.8) is 0 Å². The quantitative estimate of drug-likeness (QED) is 0.685. The summed E-state index contributed by atoms with van der Waals surface area (Å²) in [5.41, 5.74) is 6.26. The van der Waals surface area contributed by atoms with E-state index >= 15 is 0 Å². The summed E-state index contributed by atoms with van der Waals surface area (Å²) in [5, 5.41) is 9.43. The summed E-state index contributed by atoms with van der Waals surface area (Å²) >= 11 is 0. The Labute approximate surface area is 136 Å². The van der Waals surface area contributed by atoms with E-state index in [2.05, 4.69) is 59.0 Å². The molecule has 1 aliphatic heterocycles. The van der Waals surface area contributed by atoms with E-state index < -0.39 is 0 Å². The number of hydrogen-bond acceptors (Lipinski definition) is 4. The van der Waals surface area contributed by atoms with Gasteiger partial charge in [-0.25, -0.2) is 4.99 Å². The number of nitrogens with zero attached hydrogens (tertiary/aromatic N) is 3. The van der Waals surface area contributed by atoms with Gasteiger partial charge in [0.1, 0.15) is 0 Å². The lowest BCUT2D eigenvalue weighted by Gasteiger charge is -2.32. The highest BCUT2D eigenvalue weighted by Gasteiger charge is 2.24. The van der Waals surface area contributed by atoms with Crippen molar-refractivity contribution in [2.45, 2.75) is 12.8 Å². The van der Waals surface area contributed by atoms with E-state index in [4.69, 9.17) is 0 Å². The molecule has 0 saturated carbocycles. The first-order valence-corrected chi connectivity index (χ1v) is 7.77. The predicted octanol–water partition coefficient (Wildman–Crippen LogP) is 3.60. The molecule has 118 valence electrons. The van der Waals surface area contributed by atoms with Gasteiger partial charge >= 0.3 is 0 Å². The Kier molecular flexibility index (Phi) is 4.53. The number of benzene rings is 1. The number of likely N-dealkylation sites (N-methyl/N-ethyl adjacent to an activating group) is 1. The fraction of sp³-hybridized carbons (Fsp3) is 0.263. The van der Waals surface area contributed by atoms with Crippen molar-refractivity contribution in [2.24, 2.45) is 9.98 Å². The third kappa shape index (κ3) is 3.48. The lowest BCUT2D eigenvalue weighted by atomic mass is 9.82. The second kappa shape index (κ2) is 6.75. The molecule has 0 amide bonds. The third-order valence-corrected chi connectivity index (χ3v) is 4.25. The average molecular weight is 307 g/mol. The molecule has 4 heteroatoms. The number of aliphatic imine (C=N–C) groups is 2. The van der Waals surface area contributed by atoms with Crippen LogP contribution in [0.25, 0.3) is 5.57 Å². The zero-order valence-corrected chi connectivity index (χ0v) is 13.4. The Bertz CT molecular complexity index is 726. The van der Waals surface area contributed by atoms with Crippen LogP contribution in [0.4, 0.5) is 0 Å². The molecule has 1 N–H and O–H groups in total. The van der Waals surface area contributed by atoms with Crippen LogP contribution in [0.2, 0.25) is 0 Å². The molecule has 23 heavy (non-hydrogen) atoms. The van der Waals surface area contributed by atoms with Gasteiger partial charge in [-0.05, 0) is 48.5 Å². The van der Waals surface area contributed by atoms with Crippen molar-refractivity contribution in [3.8, 4) is 0 Å². The lowest BCUT2D eigenvalue weighted by Crippen LogP contribution is -2.30. The van der Waals surface area contributed by atoms with Gasteiger partial charge < -0.3 is 10.0 Å². The summed E-state index contributed by atoms with van der Waals surface area (Å²) < 4.78 is 0. The molecular weight excluding hydrogens is 286 g/mol. The van der Waals surface area contributed by atoms with Crippen LogP contribution in [0, 0.1) is 0 Å². The first-order chi connectivity index (χ1) is 11.2. The molecule has 1 aromatic carbocycles. The molecule has 3 rings (SSSR count). The lowest BCUT2D eigenvalue weighted by molar-refractivity contribution is 0.349. The van der Waals surface area contributed by atoms with Gasteiger partial charge in [-0.3, -0.25) is 4.99 Å². The van der Waals surface area contributed by atoms with Crippen LogP contribution in [0.1, 0.15) is 18.4 Å². The molecule has 4 nitrogen and oxygen atoms in total. The molecule has 1 heterocycles. The van der Waals surface area contributed by atoms with E-state index in [-0.39, 0.29) is 5.88 Å². The maximum atomic E-state index is 9.43. The SMILES string of the molecule is C=N/C(O)=C\N=C1C=C(c2ccccc2)C2=C(C1)CN(C)CC2.